The van der Waals surface area contributed by atoms with Gasteiger partial charge in [0, 0.05) is 11.9 Å². The number of aromatic nitrogens is 1. The van der Waals surface area contributed by atoms with Gasteiger partial charge in [0.05, 0.1) is 11.2 Å². The first kappa shape index (κ1) is 7.92. The first-order valence-corrected chi connectivity index (χ1v) is 5.23. The third-order valence-corrected chi connectivity index (χ3v) is 3.15. The van der Waals surface area contributed by atoms with E-state index in [2.05, 4.69) is 16.7 Å². The van der Waals surface area contributed by atoms with Crippen LogP contribution in [0.1, 0.15) is 24.1 Å². The molecule has 2 N–H and O–H groups in total. The maximum Gasteiger partial charge on any atom is 0.0686 e. The largest absolute Gasteiger partial charge is 0.397 e. The van der Waals surface area contributed by atoms with Crippen LogP contribution in [0.3, 0.4) is 0 Å². The van der Waals surface area contributed by atoms with Crippen molar-refractivity contribution in [3.63, 3.8) is 0 Å². The van der Waals surface area contributed by atoms with Gasteiger partial charge >= 0.3 is 0 Å². The van der Waals surface area contributed by atoms with Gasteiger partial charge in [-0.1, -0.05) is 0 Å². The van der Waals surface area contributed by atoms with Gasteiger partial charge in [-0.15, -0.1) is 0 Å². The molecule has 14 heavy (non-hydrogen) atoms. The number of fused-ring (bicyclic) bond motifs is 3. The molecule has 0 atom stereocenters. The van der Waals surface area contributed by atoms with E-state index < -0.39 is 0 Å². The van der Waals surface area contributed by atoms with Crippen LogP contribution in [-0.2, 0) is 12.8 Å². The molecule has 0 fully saturated rings. The Morgan fingerprint density at radius 1 is 1.21 bits per heavy atom. The molecule has 0 saturated carbocycles. The summed E-state index contributed by atoms with van der Waals surface area (Å²) >= 11 is 0. The van der Waals surface area contributed by atoms with Crippen LogP contribution in [0.2, 0.25) is 0 Å². The molecule has 2 heterocycles. The van der Waals surface area contributed by atoms with E-state index in [0.29, 0.717) is 0 Å². The lowest BCUT2D eigenvalue weighted by atomic mass is 9.98. The molecule has 0 bridgehead atoms. The Morgan fingerprint density at radius 3 is 3.00 bits per heavy atom. The van der Waals surface area contributed by atoms with Crippen molar-refractivity contribution in [1.82, 2.24) is 4.40 Å². The van der Waals surface area contributed by atoms with Crippen LogP contribution in [-0.4, -0.2) is 4.40 Å². The molecule has 0 aromatic carbocycles. The molecule has 0 aliphatic heterocycles. The molecule has 0 saturated heterocycles. The van der Waals surface area contributed by atoms with Gasteiger partial charge in [0.15, 0.2) is 0 Å². The second kappa shape index (κ2) is 2.77. The fourth-order valence-electron chi connectivity index (χ4n) is 2.43. The third-order valence-electron chi connectivity index (χ3n) is 3.15. The van der Waals surface area contributed by atoms with Crippen molar-refractivity contribution in [2.75, 3.05) is 5.73 Å². The fraction of sp³-hybridized carbons (Fsp3) is 0.333. The number of hydrogen-bond acceptors (Lipinski definition) is 1. The number of rotatable bonds is 0. The molecular formula is C12H14N2. The number of nitrogens with two attached hydrogens (primary N) is 1. The van der Waals surface area contributed by atoms with Crippen molar-refractivity contribution < 1.29 is 0 Å². The van der Waals surface area contributed by atoms with Crippen LogP contribution < -0.4 is 5.73 Å². The normalized spacial score (nSPS) is 15.7. The minimum absolute atomic E-state index is 0.891. The van der Waals surface area contributed by atoms with E-state index in [9.17, 15) is 0 Å². The molecule has 0 radical (unpaired) electrons. The van der Waals surface area contributed by atoms with Crippen LogP contribution in [0.4, 0.5) is 5.69 Å². The molecule has 1 aliphatic rings. The highest BCUT2D eigenvalue weighted by Gasteiger charge is 2.14. The molecule has 2 aromatic heterocycles. The van der Waals surface area contributed by atoms with Crippen LogP contribution >= 0.6 is 0 Å². The highest BCUT2D eigenvalue weighted by molar-refractivity contribution is 5.72. The van der Waals surface area contributed by atoms with Gasteiger partial charge in [-0.05, 0) is 49.4 Å². The quantitative estimate of drug-likeness (QED) is 0.672. The lowest BCUT2D eigenvalue weighted by Crippen LogP contribution is -2.03. The Kier molecular flexibility index (Phi) is 1.57. The summed E-state index contributed by atoms with van der Waals surface area (Å²) in [6.45, 7) is 0. The standard InChI is InChI=1S/C12H14N2/c13-10-5-3-7-14-11-6-2-1-4-9(11)8-12(10)14/h3,5,7-8H,1-2,4,6,13H2. The zero-order valence-electron chi connectivity index (χ0n) is 8.16. The predicted octanol–water partition coefficient (Wildman–Crippen LogP) is 2.40. The number of nitrogens with zero attached hydrogens (tertiary/aromatic N) is 1. The van der Waals surface area contributed by atoms with E-state index in [1.54, 1.807) is 0 Å². The van der Waals surface area contributed by atoms with E-state index in [0.717, 1.165) is 5.69 Å². The minimum atomic E-state index is 0.891. The van der Waals surface area contributed by atoms with E-state index >= 15 is 0 Å². The summed E-state index contributed by atoms with van der Waals surface area (Å²) in [6, 6.07) is 6.25. The van der Waals surface area contributed by atoms with E-state index in [4.69, 9.17) is 5.73 Å². The minimum Gasteiger partial charge on any atom is -0.397 e. The van der Waals surface area contributed by atoms with Crippen molar-refractivity contribution in [3.05, 3.63) is 35.7 Å². The zero-order valence-corrected chi connectivity index (χ0v) is 8.16. The SMILES string of the molecule is Nc1cccn2c3c(cc12)CCCC3. The summed E-state index contributed by atoms with van der Waals surface area (Å²) in [5, 5.41) is 0. The molecular weight excluding hydrogens is 172 g/mol. The lowest BCUT2D eigenvalue weighted by Gasteiger charge is -2.11. The molecule has 0 unspecified atom stereocenters. The Morgan fingerprint density at radius 2 is 2.07 bits per heavy atom. The van der Waals surface area contributed by atoms with Gasteiger partial charge in [-0.25, -0.2) is 0 Å². The Labute approximate surface area is 83.3 Å². The third kappa shape index (κ3) is 0.969. The van der Waals surface area contributed by atoms with Crippen LogP contribution in [0.5, 0.6) is 0 Å². The molecule has 2 nitrogen and oxygen atoms in total. The number of nitrogen functional groups attached to an aromatic ring is 1. The maximum atomic E-state index is 5.95. The van der Waals surface area contributed by atoms with Gasteiger partial charge < -0.3 is 10.1 Å². The smallest absolute Gasteiger partial charge is 0.0686 e. The lowest BCUT2D eigenvalue weighted by molar-refractivity contribution is 0.669. The maximum absolute atomic E-state index is 5.95. The van der Waals surface area contributed by atoms with Crippen LogP contribution in [0.25, 0.3) is 5.52 Å². The number of pyridine rings is 1. The van der Waals surface area contributed by atoms with Gasteiger partial charge in [0.2, 0.25) is 0 Å². The van der Waals surface area contributed by atoms with Crippen LogP contribution in [0.15, 0.2) is 24.4 Å². The average molecular weight is 186 g/mol. The molecule has 1 aliphatic carbocycles. The zero-order chi connectivity index (χ0) is 9.54. The molecule has 2 aromatic rings. The topological polar surface area (TPSA) is 30.4 Å². The number of anilines is 1. The van der Waals surface area contributed by atoms with Crippen molar-refractivity contribution in [2.24, 2.45) is 0 Å². The summed E-state index contributed by atoms with van der Waals surface area (Å²) < 4.78 is 2.25. The van der Waals surface area contributed by atoms with Gasteiger partial charge in [-0.2, -0.15) is 0 Å². The predicted molar refractivity (Wildman–Crippen MR) is 58.5 cm³/mol. The highest BCUT2D eigenvalue weighted by Crippen LogP contribution is 2.27. The number of aryl methyl sites for hydroxylation is 2. The van der Waals surface area contributed by atoms with E-state index in [1.807, 2.05) is 12.1 Å². The highest BCUT2D eigenvalue weighted by atomic mass is 14.9. The van der Waals surface area contributed by atoms with Gasteiger partial charge in [0.25, 0.3) is 0 Å². The summed E-state index contributed by atoms with van der Waals surface area (Å²) in [6.07, 6.45) is 7.18. The summed E-state index contributed by atoms with van der Waals surface area (Å²) in [5.74, 6) is 0. The summed E-state index contributed by atoms with van der Waals surface area (Å²) in [4.78, 5) is 0. The summed E-state index contributed by atoms with van der Waals surface area (Å²) in [7, 11) is 0. The van der Waals surface area contributed by atoms with Crippen molar-refractivity contribution >= 4 is 11.2 Å². The Hall–Kier alpha value is -1.44. The Bertz CT molecular complexity index is 482. The van der Waals surface area contributed by atoms with E-state index in [1.165, 1.54) is 42.5 Å². The first-order valence-electron chi connectivity index (χ1n) is 5.23. The van der Waals surface area contributed by atoms with Crippen molar-refractivity contribution in [3.8, 4) is 0 Å². The molecule has 72 valence electrons. The monoisotopic (exact) mass is 186 g/mol. The van der Waals surface area contributed by atoms with Crippen molar-refractivity contribution in [1.29, 1.82) is 0 Å². The molecule has 0 spiro atoms. The van der Waals surface area contributed by atoms with Gasteiger partial charge in [-0.3, -0.25) is 0 Å². The van der Waals surface area contributed by atoms with Gasteiger partial charge in [0.1, 0.15) is 0 Å². The number of hydrogen-bond donors (Lipinski definition) is 1. The van der Waals surface area contributed by atoms with E-state index in [-0.39, 0.29) is 0 Å². The summed E-state index contributed by atoms with van der Waals surface area (Å²) in [5.41, 5.74) is 11.0. The second-order valence-electron chi connectivity index (χ2n) is 4.04. The second-order valence-corrected chi connectivity index (χ2v) is 4.04. The first-order chi connectivity index (χ1) is 6.86. The Balaban J connectivity index is 2.36. The fourth-order valence-corrected chi connectivity index (χ4v) is 2.43. The molecule has 0 amide bonds. The van der Waals surface area contributed by atoms with Crippen LogP contribution in [0, 0.1) is 0 Å². The van der Waals surface area contributed by atoms with Crippen molar-refractivity contribution in [2.45, 2.75) is 25.7 Å². The molecule has 3 rings (SSSR count). The average Bonchev–Trinajstić information content (AvgIpc) is 2.59. The molecule has 2 heteroatoms.